The fourth-order valence-corrected chi connectivity index (χ4v) is 2.67. The van der Waals surface area contributed by atoms with Crippen LogP contribution < -0.4 is 15.2 Å². The summed E-state index contributed by atoms with van der Waals surface area (Å²) in [5.74, 6) is 2.06. The Labute approximate surface area is 126 Å². The second-order valence-electron chi connectivity index (χ2n) is 5.14. The minimum Gasteiger partial charge on any atom is -0.497 e. The van der Waals surface area contributed by atoms with Gasteiger partial charge in [0.1, 0.15) is 11.5 Å². The molecule has 2 N–H and O–H groups in total. The Kier molecular flexibility index (Phi) is 5.23. The fourth-order valence-electron chi connectivity index (χ4n) is 2.67. The molecule has 21 heavy (non-hydrogen) atoms. The Morgan fingerprint density at radius 3 is 2.38 bits per heavy atom. The van der Waals surface area contributed by atoms with Crippen molar-refractivity contribution in [2.75, 3.05) is 20.8 Å². The summed E-state index contributed by atoms with van der Waals surface area (Å²) in [6, 6.07) is 14.5. The van der Waals surface area contributed by atoms with Crippen molar-refractivity contribution < 1.29 is 9.47 Å². The Bertz CT molecular complexity index is 596. The minimum absolute atomic E-state index is 0.273. The molecule has 0 aliphatic rings. The molecule has 1 atom stereocenters. The molecular formula is C18H23NO2. The van der Waals surface area contributed by atoms with E-state index in [1.807, 2.05) is 18.2 Å². The van der Waals surface area contributed by atoms with Crippen molar-refractivity contribution in [1.29, 1.82) is 0 Å². The molecule has 0 fully saturated rings. The molecule has 2 aromatic rings. The van der Waals surface area contributed by atoms with E-state index in [1.54, 1.807) is 14.2 Å². The van der Waals surface area contributed by atoms with Gasteiger partial charge in [-0.25, -0.2) is 0 Å². The van der Waals surface area contributed by atoms with Crippen LogP contribution in [-0.2, 0) is 0 Å². The number of aryl methyl sites for hydroxylation is 1. The van der Waals surface area contributed by atoms with Crippen LogP contribution in [0.1, 0.15) is 29.0 Å². The maximum Gasteiger partial charge on any atom is 0.121 e. The number of hydrogen-bond acceptors (Lipinski definition) is 3. The lowest BCUT2D eigenvalue weighted by molar-refractivity contribution is 0.411. The van der Waals surface area contributed by atoms with Crippen molar-refractivity contribution in [3.8, 4) is 11.5 Å². The fraction of sp³-hybridized carbons (Fsp3) is 0.333. The third kappa shape index (κ3) is 3.56. The zero-order valence-electron chi connectivity index (χ0n) is 12.9. The number of hydrogen-bond donors (Lipinski definition) is 1. The molecular weight excluding hydrogens is 262 g/mol. The first-order valence-electron chi connectivity index (χ1n) is 7.18. The third-order valence-electron chi connectivity index (χ3n) is 3.77. The summed E-state index contributed by atoms with van der Waals surface area (Å²) >= 11 is 0. The highest BCUT2D eigenvalue weighted by Gasteiger charge is 2.15. The molecule has 0 spiro atoms. The molecule has 0 aliphatic carbocycles. The molecule has 3 heteroatoms. The zero-order valence-corrected chi connectivity index (χ0v) is 12.9. The topological polar surface area (TPSA) is 44.5 Å². The van der Waals surface area contributed by atoms with Crippen molar-refractivity contribution in [2.24, 2.45) is 5.73 Å². The van der Waals surface area contributed by atoms with Gasteiger partial charge < -0.3 is 15.2 Å². The van der Waals surface area contributed by atoms with Gasteiger partial charge in [0.25, 0.3) is 0 Å². The summed E-state index contributed by atoms with van der Waals surface area (Å²) in [5, 5.41) is 0. The van der Waals surface area contributed by atoms with E-state index in [9.17, 15) is 0 Å². The van der Waals surface area contributed by atoms with Gasteiger partial charge in [-0.15, -0.1) is 0 Å². The molecule has 2 aromatic carbocycles. The number of benzene rings is 2. The summed E-state index contributed by atoms with van der Waals surface area (Å²) in [6.45, 7) is 2.71. The number of rotatable bonds is 6. The van der Waals surface area contributed by atoms with Gasteiger partial charge in [0.15, 0.2) is 0 Å². The Balaban J connectivity index is 2.40. The van der Waals surface area contributed by atoms with Crippen molar-refractivity contribution in [2.45, 2.75) is 19.3 Å². The van der Waals surface area contributed by atoms with Crippen molar-refractivity contribution in [1.82, 2.24) is 0 Å². The Morgan fingerprint density at radius 2 is 1.76 bits per heavy atom. The first kappa shape index (κ1) is 15.4. The number of ether oxygens (including phenoxy) is 2. The summed E-state index contributed by atoms with van der Waals surface area (Å²) < 4.78 is 10.7. The maximum absolute atomic E-state index is 5.81. The lowest BCUT2D eigenvalue weighted by atomic mass is 9.87. The van der Waals surface area contributed by atoms with Crippen LogP contribution in [0.5, 0.6) is 11.5 Å². The molecule has 0 aromatic heterocycles. The predicted molar refractivity (Wildman–Crippen MR) is 86.2 cm³/mol. The van der Waals surface area contributed by atoms with E-state index >= 15 is 0 Å². The van der Waals surface area contributed by atoms with Gasteiger partial charge in [0, 0.05) is 5.92 Å². The monoisotopic (exact) mass is 285 g/mol. The molecule has 0 saturated heterocycles. The predicted octanol–water partition coefficient (Wildman–Crippen LogP) is 3.49. The van der Waals surface area contributed by atoms with Crippen LogP contribution in [0.3, 0.4) is 0 Å². The van der Waals surface area contributed by atoms with Crippen LogP contribution in [0.4, 0.5) is 0 Å². The summed E-state index contributed by atoms with van der Waals surface area (Å²) in [4.78, 5) is 0. The van der Waals surface area contributed by atoms with E-state index in [-0.39, 0.29) is 5.92 Å². The third-order valence-corrected chi connectivity index (χ3v) is 3.77. The molecule has 3 nitrogen and oxygen atoms in total. The van der Waals surface area contributed by atoms with Gasteiger partial charge in [-0.1, -0.05) is 24.3 Å². The lowest BCUT2D eigenvalue weighted by Crippen LogP contribution is -2.09. The maximum atomic E-state index is 5.81. The molecule has 1 unspecified atom stereocenters. The lowest BCUT2D eigenvalue weighted by Gasteiger charge is -2.19. The first-order valence-corrected chi connectivity index (χ1v) is 7.18. The second kappa shape index (κ2) is 7.14. The van der Waals surface area contributed by atoms with Crippen LogP contribution in [-0.4, -0.2) is 20.8 Å². The van der Waals surface area contributed by atoms with Crippen molar-refractivity contribution in [3.05, 3.63) is 59.2 Å². The van der Waals surface area contributed by atoms with Crippen LogP contribution >= 0.6 is 0 Å². The average molecular weight is 285 g/mol. The number of nitrogens with two attached hydrogens (primary N) is 1. The second-order valence-corrected chi connectivity index (χ2v) is 5.14. The highest BCUT2D eigenvalue weighted by Crippen LogP contribution is 2.32. The summed E-state index contributed by atoms with van der Waals surface area (Å²) in [7, 11) is 3.38. The SMILES string of the molecule is COc1cccc(C(CCN)c2ccc(OC)c(C)c2)c1. The van der Waals surface area contributed by atoms with Gasteiger partial charge in [0.05, 0.1) is 14.2 Å². The molecule has 0 bridgehead atoms. The summed E-state index contributed by atoms with van der Waals surface area (Å²) in [6.07, 6.45) is 0.902. The van der Waals surface area contributed by atoms with Crippen molar-refractivity contribution >= 4 is 0 Å². The van der Waals surface area contributed by atoms with Gasteiger partial charge in [-0.3, -0.25) is 0 Å². The average Bonchev–Trinajstić information content (AvgIpc) is 2.52. The van der Waals surface area contributed by atoms with E-state index in [2.05, 4.69) is 31.2 Å². The highest BCUT2D eigenvalue weighted by atomic mass is 16.5. The van der Waals surface area contributed by atoms with Gasteiger partial charge in [0.2, 0.25) is 0 Å². The van der Waals surface area contributed by atoms with E-state index < -0.39 is 0 Å². The zero-order chi connectivity index (χ0) is 15.2. The molecule has 0 amide bonds. The van der Waals surface area contributed by atoms with E-state index in [0.717, 1.165) is 23.5 Å². The van der Waals surface area contributed by atoms with Gasteiger partial charge in [-0.2, -0.15) is 0 Å². The van der Waals surface area contributed by atoms with Crippen LogP contribution in [0, 0.1) is 6.92 Å². The van der Waals surface area contributed by atoms with Crippen LogP contribution in [0.25, 0.3) is 0 Å². The largest absolute Gasteiger partial charge is 0.497 e. The molecule has 0 saturated carbocycles. The smallest absolute Gasteiger partial charge is 0.121 e. The van der Waals surface area contributed by atoms with Crippen molar-refractivity contribution in [3.63, 3.8) is 0 Å². The highest BCUT2D eigenvalue weighted by molar-refractivity contribution is 5.42. The standard InChI is InChI=1S/C18H23NO2/c1-13-11-15(7-8-18(13)21-3)17(9-10-19)14-5-4-6-16(12-14)20-2/h4-8,11-12,17H,9-10,19H2,1-3H3. The molecule has 0 heterocycles. The molecule has 0 aliphatic heterocycles. The number of methoxy groups -OCH3 is 2. The van der Waals surface area contributed by atoms with Crippen LogP contribution in [0.15, 0.2) is 42.5 Å². The molecule has 0 radical (unpaired) electrons. The first-order chi connectivity index (χ1) is 10.2. The van der Waals surface area contributed by atoms with E-state index in [1.165, 1.54) is 11.1 Å². The quantitative estimate of drug-likeness (QED) is 0.883. The van der Waals surface area contributed by atoms with Crippen LogP contribution in [0.2, 0.25) is 0 Å². The summed E-state index contributed by atoms with van der Waals surface area (Å²) in [5.41, 5.74) is 9.43. The molecule has 2 rings (SSSR count). The Hall–Kier alpha value is -2.00. The normalized spacial score (nSPS) is 12.0. The Morgan fingerprint density at radius 1 is 1.00 bits per heavy atom. The van der Waals surface area contributed by atoms with Gasteiger partial charge >= 0.3 is 0 Å². The minimum atomic E-state index is 0.273. The van der Waals surface area contributed by atoms with Gasteiger partial charge in [-0.05, 0) is 54.8 Å². The molecule has 112 valence electrons. The van der Waals surface area contributed by atoms with E-state index in [4.69, 9.17) is 15.2 Å². The van der Waals surface area contributed by atoms with E-state index in [0.29, 0.717) is 6.54 Å².